The molecule has 164 valence electrons. The van der Waals surface area contributed by atoms with Gasteiger partial charge in [0.15, 0.2) is 0 Å². The maximum Gasteiger partial charge on any atom is 0.253 e. The number of ether oxygens (including phenoxy) is 1. The number of piperidine rings is 2. The molecular weight excluding hydrogens is 412 g/mol. The third-order valence-corrected chi connectivity index (χ3v) is 6.38. The number of rotatable bonds is 5. The predicted molar refractivity (Wildman–Crippen MR) is 122 cm³/mol. The van der Waals surface area contributed by atoms with Crippen LogP contribution in [0.5, 0.6) is 5.75 Å². The lowest BCUT2D eigenvalue weighted by atomic mass is 9.98. The van der Waals surface area contributed by atoms with Gasteiger partial charge >= 0.3 is 0 Å². The van der Waals surface area contributed by atoms with Crippen LogP contribution >= 0.6 is 11.6 Å². The Morgan fingerprint density at radius 2 is 1.39 bits per heavy atom. The Bertz CT molecular complexity index is 892. The molecule has 1 atom stereocenters. The number of halogens is 1. The molecule has 0 radical (unpaired) electrons. The molecule has 31 heavy (non-hydrogen) atoms. The third-order valence-electron chi connectivity index (χ3n) is 6.13. The molecule has 0 aliphatic carbocycles. The average molecular weight is 441 g/mol. The Kier molecular flexibility index (Phi) is 7.13. The van der Waals surface area contributed by atoms with Crippen molar-refractivity contribution in [3.8, 4) is 5.75 Å². The van der Waals surface area contributed by atoms with Gasteiger partial charge in [0.05, 0.1) is 6.61 Å². The standard InChI is InChI=1S/C25H29ClN2O3/c26-22-10-6-20(7-11-22)25(30)28-16-4-5-19(17-28)18-31-23-12-8-21(9-13-23)24(29)27-14-2-1-3-15-27/h6-13,19H,1-5,14-18H2. The molecule has 0 N–H and O–H groups in total. The smallest absolute Gasteiger partial charge is 0.253 e. The van der Waals surface area contributed by atoms with Crippen LogP contribution in [-0.4, -0.2) is 54.4 Å². The quantitative estimate of drug-likeness (QED) is 0.664. The first kappa shape index (κ1) is 21.7. The Labute approximate surface area is 188 Å². The number of nitrogens with zero attached hydrogens (tertiary/aromatic N) is 2. The predicted octanol–water partition coefficient (Wildman–Crippen LogP) is 4.90. The molecule has 2 aliphatic heterocycles. The zero-order chi connectivity index (χ0) is 21.6. The maximum absolute atomic E-state index is 12.8. The summed E-state index contributed by atoms with van der Waals surface area (Å²) in [4.78, 5) is 29.2. The summed E-state index contributed by atoms with van der Waals surface area (Å²) in [6.07, 6.45) is 5.39. The molecule has 4 rings (SSSR count). The van der Waals surface area contributed by atoms with Gasteiger partial charge in [-0.3, -0.25) is 9.59 Å². The summed E-state index contributed by atoms with van der Waals surface area (Å²) < 4.78 is 5.99. The van der Waals surface area contributed by atoms with Gasteiger partial charge < -0.3 is 14.5 Å². The minimum atomic E-state index is 0.0435. The summed E-state index contributed by atoms with van der Waals surface area (Å²) in [6, 6.07) is 14.5. The highest BCUT2D eigenvalue weighted by molar-refractivity contribution is 6.30. The second kappa shape index (κ2) is 10.2. The van der Waals surface area contributed by atoms with Crippen LogP contribution in [0.1, 0.15) is 52.8 Å². The topological polar surface area (TPSA) is 49.9 Å². The van der Waals surface area contributed by atoms with Crippen LogP contribution in [0.15, 0.2) is 48.5 Å². The first-order valence-corrected chi connectivity index (χ1v) is 11.5. The lowest BCUT2D eigenvalue weighted by molar-refractivity contribution is 0.0633. The van der Waals surface area contributed by atoms with Gasteiger partial charge in [0.1, 0.15) is 5.75 Å². The van der Waals surface area contributed by atoms with Gasteiger partial charge in [0.25, 0.3) is 11.8 Å². The van der Waals surface area contributed by atoms with E-state index < -0.39 is 0 Å². The van der Waals surface area contributed by atoms with Crippen molar-refractivity contribution >= 4 is 23.4 Å². The zero-order valence-corrected chi connectivity index (χ0v) is 18.5. The number of likely N-dealkylation sites (tertiary alicyclic amines) is 2. The minimum Gasteiger partial charge on any atom is -0.493 e. The van der Waals surface area contributed by atoms with Gasteiger partial charge in [0.2, 0.25) is 0 Å². The van der Waals surface area contributed by atoms with Crippen molar-refractivity contribution in [2.45, 2.75) is 32.1 Å². The van der Waals surface area contributed by atoms with Crippen molar-refractivity contribution in [3.63, 3.8) is 0 Å². The van der Waals surface area contributed by atoms with Crippen molar-refractivity contribution in [3.05, 3.63) is 64.7 Å². The summed E-state index contributed by atoms with van der Waals surface area (Å²) in [6.45, 7) is 3.72. The lowest BCUT2D eigenvalue weighted by Gasteiger charge is -2.32. The van der Waals surface area contributed by atoms with E-state index >= 15 is 0 Å². The molecule has 2 heterocycles. The summed E-state index contributed by atoms with van der Waals surface area (Å²) in [7, 11) is 0. The van der Waals surface area contributed by atoms with E-state index in [1.807, 2.05) is 34.1 Å². The largest absolute Gasteiger partial charge is 0.493 e. The van der Waals surface area contributed by atoms with Gasteiger partial charge in [-0.15, -0.1) is 0 Å². The van der Waals surface area contributed by atoms with E-state index in [2.05, 4.69) is 0 Å². The monoisotopic (exact) mass is 440 g/mol. The lowest BCUT2D eigenvalue weighted by Crippen LogP contribution is -2.41. The third kappa shape index (κ3) is 5.59. The molecule has 2 fully saturated rings. The molecule has 0 spiro atoms. The van der Waals surface area contributed by atoms with Crippen molar-refractivity contribution < 1.29 is 14.3 Å². The Hall–Kier alpha value is -2.53. The van der Waals surface area contributed by atoms with E-state index in [0.29, 0.717) is 35.2 Å². The van der Waals surface area contributed by atoms with Crippen LogP contribution in [0.4, 0.5) is 0 Å². The van der Waals surface area contributed by atoms with Gasteiger partial charge in [0, 0.05) is 48.2 Å². The highest BCUT2D eigenvalue weighted by Gasteiger charge is 2.25. The molecule has 0 saturated carbocycles. The van der Waals surface area contributed by atoms with Gasteiger partial charge in [-0.2, -0.15) is 0 Å². The number of amides is 2. The molecule has 5 nitrogen and oxygen atoms in total. The van der Waals surface area contributed by atoms with Crippen molar-refractivity contribution in [1.29, 1.82) is 0 Å². The second-order valence-corrected chi connectivity index (χ2v) is 8.89. The normalized spacial score (nSPS) is 19.2. The molecule has 0 bridgehead atoms. The number of hydrogen-bond acceptors (Lipinski definition) is 3. The van der Waals surface area contributed by atoms with E-state index in [0.717, 1.165) is 51.1 Å². The van der Waals surface area contributed by atoms with Crippen LogP contribution in [-0.2, 0) is 0 Å². The van der Waals surface area contributed by atoms with Crippen LogP contribution in [0.3, 0.4) is 0 Å². The van der Waals surface area contributed by atoms with Crippen molar-refractivity contribution in [2.24, 2.45) is 5.92 Å². The molecule has 2 aliphatic rings. The molecule has 2 saturated heterocycles. The summed E-state index contributed by atoms with van der Waals surface area (Å²) in [5.41, 5.74) is 1.38. The van der Waals surface area contributed by atoms with Gasteiger partial charge in [-0.25, -0.2) is 0 Å². The Morgan fingerprint density at radius 1 is 0.806 bits per heavy atom. The second-order valence-electron chi connectivity index (χ2n) is 8.45. The Balaban J connectivity index is 1.29. The van der Waals surface area contributed by atoms with Gasteiger partial charge in [-0.1, -0.05) is 11.6 Å². The molecule has 2 amide bonds. The molecule has 2 aromatic carbocycles. The molecule has 2 aromatic rings. The first-order chi connectivity index (χ1) is 15.1. The van der Waals surface area contributed by atoms with Crippen LogP contribution in [0.25, 0.3) is 0 Å². The van der Waals surface area contributed by atoms with Crippen molar-refractivity contribution in [2.75, 3.05) is 32.8 Å². The van der Waals surface area contributed by atoms with Crippen molar-refractivity contribution in [1.82, 2.24) is 9.80 Å². The van der Waals surface area contributed by atoms with E-state index in [-0.39, 0.29) is 11.8 Å². The highest BCUT2D eigenvalue weighted by atomic mass is 35.5. The van der Waals surface area contributed by atoms with Gasteiger partial charge in [-0.05, 0) is 80.6 Å². The SMILES string of the molecule is O=C(c1ccc(OCC2CCCN(C(=O)c3ccc(Cl)cc3)C2)cc1)N1CCCCC1. The summed E-state index contributed by atoms with van der Waals surface area (Å²) in [5.74, 6) is 1.20. The van der Waals surface area contributed by atoms with E-state index in [9.17, 15) is 9.59 Å². The summed E-state index contributed by atoms with van der Waals surface area (Å²) in [5, 5.41) is 0.630. The van der Waals surface area contributed by atoms with Crippen LogP contribution in [0.2, 0.25) is 5.02 Å². The van der Waals surface area contributed by atoms with E-state index in [1.165, 1.54) is 6.42 Å². The highest BCUT2D eigenvalue weighted by Crippen LogP contribution is 2.22. The maximum atomic E-state index is 12.8. The molecule has 6 heteroatoms. The molecular formula is C25H29ClN2O3. The Morgan fingerprint density at radius 3 is 2.06 bits per heavy atom. The van der Waals surface area contributed by atoms with Crippen LogP contribution in [0, 0.1) is 5.92 Å². The molecule has 1 unspecified atom stereocenters. The fraction of sp³-hybridized carbons (Fsp3) is 0.440. The minimum absolute atomic E-state index is 0.0435. The van der Waals surface area contributed by atoms with Crippen LogP contribution < -0.4 is 4.74 Å². The number of benzene rings is 2. The average Bonchev–Trinajstić information content (AvgIpc) is 2.83. The number of carbonyl (C=O) groups excluding carboxylic acids is 2. The van der Waals surface area contributed by atoms with E-state index in [4.69, 9.17) is 16.3 Å². The zero-order valence-electron chi connectivity index (χ0n) is 17.8. The molecule has 0 aromatic heterocycles. The number of hydrogen-bond donors (Lipinski definition) is 0. The first-order valence-electron chi connectivity index (χ1n) is 11.2. The summed E-state index contributed by atoms with van der Waals surface area (Å²) >= 11 is 5.93. The van der Waals surface area contributed by atoms with E-state index in [1.54, 1.807) is 24.3 Å². The number of carbonyl (C=O) groups is 2. The fourth-order valence-electron chi connectivity index (χ4n) is 4.35. The fourth-order valence-corrected chi connectivity index (χ4v) is 4.47.